The van der Waals surface area contributed by atoms with Crippen molar-refractivity contribution >= 4 is 41.3 Å². The second-order valence-electron chi connectivity index (χ2n) is 9.09. The van der Waals surface area contributed by atoms with Crippen molar-refractivity contribution in [2.24, 2.45) is 0 Å². The van der Waals surface area contributed by atoms with Gasteiger partial charge in [-0.15, -0.1) is 0 Å². The number of carbonyl (C=O) groups excluding carboxylic acids is 5. The van der Waals surface area contributed by atoms with Crippen LogP contribution in [-0.2, 0) is 49.3 Å². The number of esters is 4. The fraction of sp³-hybridized carbons (Fsp3) is 0.393. The molecule has 0 bridgehead atoms. The van der Waals surface area contributed by atoms with E-state index in [-0.39, 0.29) is 23.5 Å². The number of rotatable bonds is 10. The molecule has 220 valence electrons. The highest BCUT2D eigenvalue weighted by Crippen LogP contribution is 2.33. The number of phenols is 1. The fourth-order valence-electron chi connectivity index (χ4n) is 4.12. The Morgan fingerprint density at radius 1 is 0.805 bits per heavy atom. The summed E-state index contributed by atoms with van der Waals surface area (Å²) in [6, 6.07) is 10.6. The molecular formula is C28H29ClO12. The number of hydrogen-bond donors (Lipinski definition) is 1. The first-order chi connectivity index (χ1) is 19.3. The molecule has 1 N–H and O–H groups in total. The fourth-order valence-corrected chi connectivity index (χ4v) is 4.25. The van der Waals surface area contributed by atoms with E-state index in [1.165, 1.54) is 12.1 Å². The summed E-state index contributed by atoms with van der Waals surface area (Å²) in [5.41, 5.74) is 0.713. The lowest BCUT2D eigenvalue weighted by Gasteiger charge is -2.43. The van der Waals surface area contributed by atoms with E-state index in [1.54, 1.807) is 24.3 Å². The number of aromatic hydroxyl groups is 1. The highest BCUT2D eigenvalue weighted by Gasteiger charge is 2.53. The molecule has 12 nitrogen and oxygen atoms in total. The molecule has 41 heavy (non-hydrogen) atoms. The van der Waals surface area contributed by atoms with E-state index in [4.69, 9.17) is 40.0 Å². The first kappa shape index (κ1) is 31.4. The Labute approximate surface area is 240 Å². The second kappa shape index (κ2) is 14.0. The monoisotopic (exact) mass is 592 g/mol. The molecule has 0 aromatic heterocycles. The van der Waals surface area contributed by atoms with Crippen LogP contribution < -0.4 is 4.74 Å². The summed E-state index contributed by atoms with van der Waals surface area (Å²) >= 11 is 5.89. The maximum absolute atomic E-state index is 12.8. The van der Waals surface area contributed by atoms with Gasteiger partial charge in [-0.3, -0.25) is 24.0 Å². The molecule has 2 aromatic carbocycles. The molecule has 0 radical (unpaired) electrons. The van der Waals surface area contributed by atoms with Crippen LogP contribution in [0.25, 0.3) is 0 Å². The van der Waals surface area contributed by atoms with Crippen molar-refractivity contribution in [1.29, 1.82) is 0 Å². The van der Waals surface area contributed by atoms with Gasteiger partial charge in [-0.05, 0) is 29.8 Å². The standard InChI is InChI=1S/C28H29ClO12/c1-14(30)36-13-24-25(37-15(2)31)26(38-16(3)32)27(39-17(4)33)28(41-24)40-20-9-10-21(23(35)12-20)22(34)11-18-5-7-19(29)8-6-18/h5-10,12,24-28,35H,11,13H2,1-4H3/t24-,25-,26-,27+,28-/m1/s1. The summed E-state index contributed by atoms with van der Waals surface area (Å²) in [4.78, 5) is 60.1. The summed E-state index contributed by atoms with van der Waals surface area (Å²) in [5, 5.41) is 11.1. The van der Waals surface area contributed by atoms with Crippen molar-refractivity contribution < 1.29 is 57.5 Å². The highest BCUT2D eigenvalue weighted by atomic mass is 35.5. The van der Waals surface area contributed by atoms with Crippen molar-refractivity contribution in [3.8, 4) is 11.5 Å². The Bertz CT molecular complexity index is 1290. The van der Waals surface area contributed by atoms with Crippen LogP contribution in [0.1, 0.15) is 43.6 Å². The molecule has 0 amide bonds. The third kappa shape index (κ3) is 8.92. The second-order valence-corrected chi connectivity index (χ2v) is 9.53. The van der Waals surface area contributed by atoms with Crippen LogP contribution in [0.4, 0.5) is 0 Å². The first-order valence-electron chi connectivity index (χ1n) is 12.4. The van der Waals surface area contributed by atoms with Crippen molar-refractivity contribution in [2.45, 2.75) is 64.8 Å². The molecule has 0 aliphatic carbocycles. The number of ketones is 1. The minimum Gasteiger partial charge on any atom is -0.507 e. The minimum absolute atomic E-state index is 0.00459. The van der Waals surface area contributed by atoms with Crippen LogP contribution in [0, 0.1) is 0 Å². The molecule has 1 saturated heterocycles. The minimum atomic E-state index is -1.49. The Morgan fingerprint density at radius 2 is 1.39 bits per heavy atom. The van der Waals surface area contributed by atoms with Crippen molar-refractivity contribution in [2.75, 3.05) is 6.61 Å². The van der Waals surface area contributed by atoms with E-state index >= 15 is 0 Å². The normalized spacial score (nSPS) is 21.7. The van der Waals surface area contributed by atoms with Gasteiger partial charge in [-0.25, -0.2) is 0 Å². The van der Waals surface area contributed by atoms with Gasteiger partial charge in [0, 0.05) is 45.2 Å². The molecule has 0 unspecified atom stereocenters. The van der Waals surface area contributed by atoms with Crippen LogP contribution in [0.5, 0.6) is 11.5 Å². The van der Waals surface area contributed by atoms with Gasteiger partial charge in [0.25, 0.3) is 0 Å². The topological polar surface area (TPSA) is 161 Å². The van der Waals surface area contributed by atoms with Gasteiger partial charge in [0.2, 0.25) is 12.4 Å². The predicted octanol–water partition coefficient (Wildman–Crippen LogP) is 2.93. The lowest BCUT2D eigenvalue weighted by molar-refractivity contribution is -0.288. The van der Waals surface area contributed by atoms with Crippen LogP contribution in [-0.4, -0.2) is 72.1 Å². The Morgan fingerprint density at radius 3 is 1.95 bits per heavy atom. The van der Waals surface area contributed by atoms with E-state index < -0.39 is 66.9 Å². The molecule has 5 atom stereocenters. The van der Waals surface area contributed by atoms with Crippen molar-refractivity contribution in [3.63, 3.8) is 0 Å². The molecule has 13 heteroatoms. The summed E-state index contributed by atoms with van der Waals surface area (Å²) in [6.07, 6.45) is -6.93. The Balaban J connectivity index is 1.90. The van der Waals surface area contributed by atoms with Gasteiger partial charge in [-0.1, -0.05) is 23.7 Å². The number of hydrogen-bond acceptors (Lipinski definition) is 12. The van der Waals surface area contributed by atoms with Gasteiger partial charge >= 0.3 is 23.9 Å². The van der Waals surface area contributed by atoms with Crippen LogP contribution in [0.3, 0.4) is 0 Å². The number of Topliss-reactive ketones (excluding diaryl/α,β-unsaturated/α-hetero) is 1. The van der Waals surface area contributed by atoms with Gasteiger partial charge in [0.1, 0.15) is 24.2 Å². The number of phenolic OH excluding ortho intramolecular Hbond substituents is 1. The molecule has 1 aliphatic heterocycles. The highest BCUT2D eigenvalue weighted by molar-refractivity contribution is 6.30. The molecule has 1 heterocycles. The van der Waals surface area contributed by atoms with E-state index in [2.05, 4.69) is 0 Å². The molecular weight excluding hydrogens is 564 g/mol. The molecule has 1 fully saturated rings. The number of carbonyl (C=O) groups is 5. The van der Waals surface area contributed by atoms with Gasteiger partial charge in [-0.2, -0.15) is 0 Å². The molecule has 2 aromatic rings. The van der Waals surface area contributed by atoms with Gasteiger partial charge in [0.05, 0.1) is 5.56 Å². The summed E-state index contributed by atoms with van der Waals surface area (Å²) in [7, 11) is 0. The van der Waals surface area contributed by atoms with Gasteiger partial charge in [0.15, 0.2) is 18.0 Å². The SMILES string of the molecule is CC(=O)OC[C@H]1O[C@@H](Oc2ccc(C(=O)Cc3ccc(Cl)cc3)c(O)c2)[C@@H](OC(C)=O)[C@H](OC(C)=O)[C@@H]1OC(C)=O. The summed E-state index contributed by atoms with van der Waals surface area (Å²) < 4.78 is 32.8. The van der Waals surface area contributed by atoms with Crippen molar-refractivity contribution in [1.82, 2.24) is 0 Å². The third-order valence-electron chi connectivity index (χ3n) is 5.75. The van der Waals surface area contributed by atoms with E-state index in [0.29, 0.717) is 10.6 Å². The van der Waals surface area contributed by atoms with E-state index in [0.717, 1.165) is 33.8 Å². The lowest BCUT2D eigenvalue weighted by atomic mass is 9.98. The molecule has 1 aliphatic rings. The summed E-state index contributed by atoms with van der Waals surface area (Å²) in [5.74, 6) is -3.80. The van der Waals surface area contributed by atoms with Crippen LogP contribution in [0.2, 0.25) is 5.02 Å². The number of ether oxygens (including phenoxy) is 6. The summed E-state index contributed by atoms with van der Waals surface area (Å²) in [6.45, 7) is 4.03. The van der Waals surface area contributed by atoms with Crippen molar-refractivity contribution in [3.05, 3.63) is 58.6 Å². The van der Waals surface area contributed by atoms with E-state index in [9.17, 15) is 29.1 Å². The molecule has 0 spiro atoms. The zero-order valence-electron chi connectivity index (χ0n) is 22.7. The average molecular weight is 593 g/mol. The molecule has 0 saturated carbocycles. The van der Waals surface area contributed by atoms with Crippen LogP contribution in [0.15, 0.2) is 42.5 Å². The predicted molar refractivity (Wildman–Crippen MR) is 140 cm³/mol. The smallest absolute Gasteiger partial charge is 0.303 e. The number of halogens is 1. The maximum Gasteiger partial charge on any atom is 0.303 e. The zero-order valence-corrected chi connectivity index (χ0v) is 23.4. The lowest BCUT2D eigenvalue weighted by Crippen LogP contribution is -2.63. The average Bonchev–Trinajstić information content (AvgIpc) is 2.87. The zero-order chi connectivity index (χ0) is 30.3. The van der Waals surface area contributed by atoms with Crippen LogP contribution >= 0.6 is 11.6 Å². The van der Waals surface area contributed by atoms with E-state index in [1.807, 2.05) is 0 Å². The number of benzene rings is 2. The Hall–Kier alpha value is -4.16. The first-order valence-corrected chi connectivity index (χ1v) is 12.8. The third-order valence-corrected chi connectivity index (χ3v) is 6.00. The Kier molecular flexibility index (Phi) is 10.7. The maximum atomic E-state index is 12.8. The van der Waals surface area contributed by atoms with Gasteiger partial charge < -0.3 is 33.5 Å². The quantitative estimate of drug-likeness (QED) is 0.244. The largest absolute Gasteiger partial charge is 0.507 e. The molecule has 3 rings (SSSR count).